The molecule has 0 spiro atoms. The molecule has 100 valence electrons. The van der Waals surface area contributed by atoms with E-state index in [0.717, 1.165) is 16.9 Å². The topological polar surface area (TPSA) is 29.5 Å². The molecule has 0 heterocycles. The first-order chi connectivity index (χ1) is 9.08. The number of halogens is 2. The summed E-state index contributed by atoms with van der Waals surface area (Å²) in [6.07, 6.45) is -0.476. The van der Waals surface area contributed by atoms with Gasteiger partial charge in [-0.25, -0.2) is 0 Å². The first-order valence-electron chi connectivity index (χ1n) is 5.91. The molecule has 2 rings (SSSR count). The summed E-state index contributed by atoms with van der Waals surface area (Å²) in [5.74, 6) is 0.723. The number of ether oxygens (including phenoxy) is 1. The number of benzene rings is 2. The Morgan fingerprint density at radius 2 is 1.79 bits per heavy atom. The van der Waals surface area contributed by atoms with Crippen LogP contribution < -0.4 is 4.74 Å². The van der Waals surface area contributed by atoms with Gasteiger partial charge in [0.05, 0.1) is 16.1 Å². The lowest BCUT2D eigenvalue weighted by atomic mass is 10.1. The van der Waals surface area contributed by atoms with Crippen LogP contribution in [-0.4, -0.2) is 5.11 Å². The molecule has 0 aliphatic heterocycles. The van der Waals surface area contributed by atoms with E-state index in [1.54, 1.807) is 13.0 Å². The monoisotopic (exact) mass is 296 g/mol. The number of aliphatic hydroxyl groups excluding tert-OH is 1. The predicted octanol–water partition coefficient (Wildman–Crippen LogP) is 4.63. The Labute approximate surface area is 122 Å². The van der Waals surface area contributed by atoms with Crippen LogP contribution in [0.25, 0.3) is 0 Å². The van der Waals surface area contributed by atoms with E-state index in [0.29, 0.717) is 16.7 Å². The van der Waals surface area contributed by atoms with Crippen molar-refractivity contribution in [1.29, 1.82) is 0 Å². The molecule has 19 heavy (non-hydrogen) atoms. The minimum Gasteiger partial charge on any atom is -0.489 e. The van der Waals surface area contributed by atoms with Crippen LogP contribution in [0.1, 0.15) is 24.2 Å². The van der Waals surface area contributed by atoms with E-state index in [4.69, 9.17) is 27.9 Å². The summed E-state index contributed by atoms with van der Waals surface area (Å²) >= 11 is 12.0. The second-order valence-corrected chi connectivity index (χ2v) is 5.03. The van der Waals surface area contributed by atoms with E-state index in [-0.39, 0.29) is 0 Å². The van der Waals surface area contributed by atoms with E-state index in [1.807, 2.05) is 36.4 Å². The van der Waals surface area contributed by atoms with Gasteiger partial charge in [-0.3, -0.25) is 0 Å². The third kappa shape index (κ3) is 3.63. The Bertz CT molecular complexity index is 551. The van der Waals surface area contributed by atoms with Crippen LogP contribution in [0.5, 0.6) is 5.75 Å². The molecule has 0 aliphatic rings. The van der Waals surface area contributed by atoms with Crippen LogP contribution in [0, 0.1) is 0 Å². The van der Waals surface area contributed by atoms with Gasteiger partial charge in [0.25, 0.3) is 0 Å². The summed E-state index contributed by atoms with van der Waals surface area (Å²) < 4.78 is 5.64. The smallest absolute Gasteiger partial charge is 0.119 e. The Morgan fingerprint density at radius 3 is 2.42 bits per heavy atom. The summed E-state index contributed by atoms with van der Waals surface area (Å²) in [5.41, 5.74) is 1.70. The standard InChI is InChI=1S/C15H14Cl2O2/c1-10(18)11-5-7-13(8-6-11)19-9-12-3-2-4-14(16)15(12)17/h2-8,10,18H,9H2,1H3/t10-/m0/s1. The van der Waals surface area contributed by atoms with Gasteiger partial charge in [0.1, 0.15) is 12.4 Å². The highest BCUT2D eigenvalue weighted by atomic mass is 35.5. The van der Waals surface area contributed by atoms with Crippen LogP contribution >= 0.6 is 23.2 Å². The van der Waals surface area contributed by atoms with E-state index in [1.165, 1.54) is 0 Å². The molecule has 0 aromatic heterocycles. The van der Waals surface area contributed by atoms with Crippen molar-refractivity contribution in [3.05, 3.63) is 63.6 Å². The maximum atomic E-state index is 9.42. The van der Waals surface area contributed by atoms with Crippen LogP contribution in [0.4, 0.5) is 0 Å². The van der Waals surface area contributed by atoms with Gasteiger partial charge in [-0.2, -0.15) is 0 Å². The van der Waals surface area contributed by atoms with Gasteiger partial charge in [-0.15, -0.1) is 0 Å². The fraction of sp³-hybridized carbons (Fsp3) is 0.200. The van der Waals surface area contributed by atoms with Crippen LogP contribution in [-0.2, 0) is 6.61 Å². The highest BCUT2D eigenvalue weighted by Gasteiger charge is 2.05. The molecule has 0 saturated heterocycles. The third-order valence-corrected chi connectivity index (χ3v) is 3.65. The summed E-state index contributed by atoms with van der Waals surface area (Å²) in [6.45, 7) is 2.08. The molecule has 2 nitrogen and oxygen atoms in total. The third-order valence-electron chi connectivity index (χ3n) is 2.79. The maximum absolute atomic E-state index is 9.42. The fourth-order valence-electron chi connectivity index (χ4n) is 1.66. The molecule has 0 unspecified atom stereocenters. The van der Waals surface area contributed by atoms with Crippen molar-refractivity contribution in [2.24, 2.45) is 0 Å². The number of hydrogen-bond donors (Lipinski definition) is 1. The van der Waals surface area contributed by atoms with Crippen molar-refractivity contribution in [2.75, 3.05) is 0 Å². The van der Waals surface area contributed by atoms with Crippen LogP contribution in [0.2, 0.25) is 10.0 Å². The van der Waals surface area contributed by atoms with Gasteiger partial charge in [0.2, 0.25) is 0 Å². The highest BCUT2D eigenvalue weighted by Crippen LogP contribution is 2.26. The molecule has 0 amide bonds. The van der Waals surface area contributed by atoms with Gasteiger partial charge in [0, 0.05) is 5.56 Å². The Kier molecular flexibility index (Phi) is 4.70. The number of hydrogen-bond acceptors (Lipinski definition) is 2. The molecule has 2 aromatic carbocycles. The molecule has 0 fully saturated rings. The molecule has 0 aliphatic carbocycles. The van der Waals surface area contributed by atoms with Crippen LogP contribution in [0.15, 0.2) is 42.5 Å². The van der Waals surface area contributed by atoms with E-state index in [9.17, 15) is 5.11 Å². The lowest BCUT2D eigenvalue weighted by molar-refractivity contribution is 0.199. The molecule has 0 radical (unpaired) electrons. The van der Waals surface area contributed by atoms with E-state index >= 15 is 0 Å². The lowest BCUT2D eigenvalue weighted by Crippen LogP contribution is -1.97. The van der Waals surface area contributed by atoms with Crippen molar-refractivity contribution >= 4 is 23.2 Å². The van der Waals surface area contributed by atoms with Gasteiger partial charge in [0.15, 0.2) is 0 Å². The minimum absolute atomic E-state index is 0.355. The minimum atomic E-state index is -0.476. The molecule has 1 atom stereocenters. The maximum Gasteiger partial charge on any atom is 0.119 e. The normalized spacial score (nSPS) is 12.2. The Hall–Kier alpha value is -1.22. The molecular weight excluding hydrogens is 283 g/mol. The molecule has 1 N–H and O–H groups in total. The van der Waals surface area contributed by atoms with Gasteiger partial charge in [-0.05, 0) is 30.7 Å². The fourth-order valence-corrected chi connectivity index (χ4v) is 2.04. The Balaban J connectivity index is 2.04. The summed E-state index contributed by atoms with van der Waals surface area (Å²) in [6, 6.07) is 12.8. The first-order valence-corrected chi connectivity index (χ1v) is 6.67. The zero-order valence-corrected chi connectivity index (χ0v) is 11.9. The zero-order valence-electron chi connectivity index (χ0n) is 10.4. The second-order valence-electron chi connectivity index (χ2n) is 4.25. The lowest BCUT2D eigenvalue weighted by Gasteiger charge is -2.10. The number of rotatable bonds is 4. The first kappa shape index (κ1) is 14.2. The number of aliphatic hydroxyl groups is 1. The summed E-state index contributed by atoms with van der Waals surface area (Å²) in [7, 11) is 0. The average Bonchev–Trinajstić information content (AvgIpc) is 2.41. The molecule has 0 saturated carbocycles. The van der Waals surface area contributed by atoms with Gasteiger partial charge >= 0.3 is 0 Å². The molecule has 0 bridgehead atoms. The highest BCUT2D eigenvalue weighted by molar-refractivity contribution is 6.42. The summed E-state index contributed by atoms with van der Waals surface area (Å²) in [5, 5.41) is 10.5. The predicted molar refractivity (Wildman–Crippen MR) is 77.9 cm³/mol. The molecule has 2 aromatic rings. The van der Waals surface area contributed by atoms with Gasteiger partial charge < -0.3 is 9.84 Å². The van der Waals surface area contributed by atoms with E-state index in [2.05, 4.69) is 0 Å². The van der Waals surface area contributed by atoms with Crippen molar-refractivity contribution in [3.8, 4) is 5.75 Å². The zero-order chi connectivity index (χ0) is 13.8. The molecular formula is C15H14Cl2O2. The second kappa shape index (κ2) is 6.29. The van der Waals surface area contributed by atoms with Crippen molar-refractivity contribution in [2.45, 2.75) is 19.6 Å². The summed E-state index contributed by atoms with van der Waals surface area (Å²) in [4.78, 5) is 0. The Morgan fingerprint density at radius 1 is 1.11 bits per heavy atom. The largest absolute Gasteiger partial charge is 0.489 e. The van der Waals surface area contributed by atoms with Crippen molar-refractivity contribution < 1.29 is 9.84 Å². The van der Waals surface area contributed by atoms with Crippen LogP contribution in [0.3, 0.4) is 0 Å². The average molecular weight is 297 g/mol. The molecule has 4 heteroatoms. The van der Waals surface area contributed by atoms with Crippen molar-refractivity contribution in [1.82, 2.24) is 0 Å². The van der Waals surface area contributed by atoms with Gasteiger partial charge in [-0.1, -0.05) is 47.5 Å². The van der Waals surface area contributed by atoms with Crippen molar-refractivity contribution in [3.63, 3.8) is 0 Å². The SMILES string of the molecule is C[C@H](O)c1ccc(OCc2cccc(Cl)c2Cl)cc1. The quantitative estimate of drug-likeness (QED) is 0.891. The van der Waals surface area contributed by atoms with E-state index < -0.39 is 6.10 Å².